The van der Waals surface area contributed by atoms with Crippen LogP contribution in [-0.2, 0) is 6.42 Å². The number of benzene rings is 1. The number of aromatic nitrogens is 2. The van der Waals surface area contributed by atoms with Crippen LogP contribution >= 0.6 is 0 Å². The van der Waals surface area contributed by atoms with E-state index in [1.165, 1.54) is 12.1 Å². The lowest BCUT2D eigenvalue weighted by Gasteiger charge is -1.96. The van der Waals surface area contributed by atoms with Gasteiger partial charge in [-0.2, -0.15) is 0 Å². The van der Waals surface area contributed by atoms with Crippen molar-refractivity contribution in [1.29, 1.82) is 0 Å². The van der Waals surface area contributed by atoms with E-state index in [0.717, 1.165) is 23.5 Å². The van der Waals surface area contributed by atoms with E-state index in [9.17, 15) is 10.1 Å². The zero-order valence-electron chi connectivity index (χ0n) is 8.80. The van der Waals surface area contributed by atoms with E-state index in [4.69, 9.17) is 0 Å². The highest BCUT2D eigenvalue weighted by molar-refractivity contribution is 5.57. The van der Waals surface area contributed by atoms with Crippen LogP contribution in [0.5, 0.6) is 0 Å². The van der Waals surface area contributed by atoms with Crippen molar-refractivity contribution in [3.63, 3.8) is 0 Å². The minimum Gasteiger partial charge on any atom is -0.342 e. The minimum absolute atomic E-state index is 0.0889. The van der Waals surface area contributed by atoms with Crippen molar-refractivity contribution in [2.75, 3.05) is 0 Å². The number of H-pyrrole nitrogens is 1. The summed E-state index contributed by atoms with van der Waals surface area (Å²) in [6, 6.07) is 6.33. The van der Waals surface area contributed by atoms with Crippen LogP contribution in [0.25, 0.3) is 11.4 Å². The lowest BCUT2D eigenvalue weighted by molar-refractivity contribution is -0.384. The number of aryl methyl sites for hydroxylation is 1. The van der Waals surface area contributed by atoms with Crippen molar-refractivity contribution in [3.05, 3.63) is 46.3 Å². The first-order valence-electron chi connectivity index (χ1n) is 4.99. The highest BCUT2D eigenvalue weighted by Crippen LogP contribution is 2.19. The van der Waals surface area contributed by atoms with Crippen LogP contribution in [0.2, 0.25) is 0 Å². The molecule has 5 heteroatoms. The molecule has 0 saturated heterocycles. The summed E-state index contributed by atoms with van der Waals surface area (Å²) in [5.41, 5.74) is 1.99. The fraction of sp³-hybridized carbons (Fsp3) is 0.182. The van der Waals surface area contributed by atoms with Crippen LogP contribution in [0.3, 0.4) is 0 Å². The number of rotatable bonds is 3. The topological polar surface area (TPSA) is 71.8 Å². The Morgan fingerprint density at radius 1 is 1.38 bits per heavy atom. The Labute approximate surface area is 92.3 Å². The summed E-state index contributed by atoms with van der Waals surface area (Å²) in [5.74, 6) is 0.742. The molecule has 5 nitrogen and oxygen atoms in total. The van der Waals surface area contributed by atoms with Crippen molar-refractivity contribution in [3.8, 4) is 11.4 Å². The van der Waals surface area contributed by atoms with Gasteiger partial charge in [-0.15, -0.1) is 0 Å². The fourth-order valence-corrected chi connectivity index (χ4v) is 1.43. The maximum Gasteiger partial charge on any atom is 0.269 e. The molecule has 0 aliphatic rings. The highest BCUT2D eigenvalue weighted by Gasteiger charge is 2.06. The summed E-state index contributed by atoms with van der Waals surface area (Å²) in [5, 5.41) is 10.5. The van der Waals surface area contributed by atoms with Crippen molar-refractivity contribution in [2.24, 2.45) is 0 Å². The Morgan fingerprint density at radius 2 is 2.06 bits per heavy atom. The Balaban J connectivity index is 2.30. The third kappa shape index (κ3) is 1.93. The third-order valence-corrected chi connectivity index (χ3v) is 2.36. The molecule has 0 aliphatic carbocycles. The molecule has 2 aromatic rings. The minimum atomic E-state index is -0.413. The van der Waals surface area contributed by atoms with Crippen LogP contribution in [0.1, 0.15) is 12.6 Å². The number of hydrogen-bond acceptors (Lipinski definition) is 3. The van der Waals surface area contributed by atoms with Crippen LogP contribution in [0.4, 0.5) is 5.69 Å². The fourth-order valence-electron chi connectivity index (χ4n) is 1.43. The number of non-ortho nitro benzene ring substituents is 1. The second-order valence-electron chi connectivity index (χ2n) is 3.41. The van der Waals surface area contributed by atoms with E-state index in [2.05, 4.69) is 9.97 Å². The van der Waals surface area contributed by atoms with Crippen LogP contribution in [0, 0.1) is 10.1 Å². The molecule has 0 aliphatic heterocycles. The molecule has 82 valence electrons. The predicted octanol–water partition coefficient (Wildman–Crippen LogP) is 2.55. The molecule has 0 saturated carbocycles. The molecule has 1 heterocycles. The van der Waals surface area contributed by atoms with Gasteiger partial charge in [0.2, 0.25) is 0 Å². The SMILES string of the molecule is CCc1cnc(-c2ccc([N+](=O)[O-])cc2)[nH]1. The maximum atomic E-state index is 10.5. The van der Waals surface area contributed by atoms with Crippen LogP contribution < -0.4 is 0 Å². The number of imidazole rings is 1. The van der Waals surface area contributed by atoms with E-state index in [1.807, 2.05) is 6.92 Å². The Kier molecular flexibility index (Phi) is 2.68. The molecule has 0 unspecified atom stereocenters. The normalized spacial score (nSPS) is 10.3. The van der Waals surface area contributed by atoms with Crippen LogP contribution in [-0.4, -0.2) is 14.9 Å². The summed E-state index contributed by atoms with van der Waals surface area (Å²) in [6.45, 7) is 2.03. The number of aromatic amines is 1. The monoisotopic (exact) mass is 217 g/mol. The number of hydrogen-bond donors (Lipinski definition) is 1. The molecule has 0 amide bonds. The van der Waals surface area contributed by atoms with E-state index >= 15 is 0 Å². The summed E-state index contributed by atoms with van der Waals surface area (Å²) in [7, 11) is 0. The lowest BCUT2D eigenvalue weighted by Crippen LogP contribution is -1.88. The number of nitro benzene ring substituents is 1. The Bertz CT molecular complexity index is 502. The van der Waals surface area contributed by atoms with Gasteiger partial charge in [0.15, 0.2) is 0 Å². The second-order valence-corrected chi connectivity index (χ2v) is 3.41. The van der Waals surface area contributed by atoms with Gasteiger partial charge >= 0.3 is 0 Å². The molecule has 1 N–H and O–H groups in total. The van der Waals surface area contributed by atoms with E-state index < -0.39 is 4.92 Å². The van der Waals surface area contributed by atoms with Gasteiger partial charge in [-0.25, -0.2) is 4.98 Å². The number of nitro groups is 1. The maximum absolute atomic E-state index is 10.5. The second kappa shape index (κ2) is 4.14. The molecule has 1 aromatic carbocycles. The number of nitrogens with zero attached hydrogens (tertiary/aromatic N) is 2. The highest BCUT2D eigenvalue weighted by atomic mass is 16.6. The molecule has 0 fully saturated rings. The number of nitrogens with one attached hydrogen (secondary N) is 1. The first-order valence-corrected chi connectivity index (χ1v) is 4.99. The van der Waals surface area contributed by atoms with Crippen molar-refractivity contribution >= 4 is 5.69 Å². The zero-order valence-corrected chi connectivity index (χ0v) is 8.80. The quantitative estimate of drug-likeness (QED) is 0.634. The summed E-state index contributed by atoms with van der Waals surface area (Å²) >= 11 is 0. The first kappa shape index (κ1) is 10.4. The van der Waals surface area contributed by atoms with Gasteiger partial charge in [0.25, 0.3) is 5.69 Å². The molecule has 2 rings (SSSR count). The molecule has 0 bridgehead atoms. The van der Waals surface area contributed by atoms with Gasteiger partial charge in [-0.1, -0.05) is 6.92 Å². The molecule has 0 atom stereocenters. The van der Waals surface area contributed by atoms with Crippen molar-refractivity contribution < 1.29 is 4.92 Å². The molecule has 1 aromatic heterocycles. The van der Waals surface area contributed by atoms with Gasteiger partial charge in [-0.05, 0) is 18.6 Å². The standard InChI is InChI=1S/C11H11N3O2/c1-2-9-7-12-11(13-9)8-3-5-10(6-4-8)14(15)16/h3-7H,2H2,1H3,(H,12,13). The molecule has 0 spiro atoms. The average molecular weight is 217 g/mol. The summed E-state index contributed by atoms with van der Waals surface area (Å²) in [4.78, 5) is 17.4. The molecule has 0 radical (unpaired) electrons. The molecular weight excluding hydrogens is 206 g/mol. The Hall–Kier alpha value is -2.17. The average Bonchev–Trinajstić information content (AvgIpc) is 2.77. The molecular formula is C11H11N3O2. The van der Waals surface area contributed by atoms with E-state index in [0.29, 0.717) is 0 Å². The largest absolute Gasteiger partial charge is 0.342 e. The van der Waals surface area contributed by atoms with Crippen molar-refractivity contribution in [1.82, 2.24) is 9.97 Å². The predicted molar refractivity (Wildman–Crippen MR) is 60.1 cm³/mol. The van der Waals surface area contributed by atoms with Crippen LogP contribution in [0.15, 0.2) is 30.5 Å². The van der Waals surface area contributed by atoms with Gasteiger partial charge in [0.1, 0.15) is 5.82 Å². The van der Waals surface area contributed by atoms with Gasteiger partial charge in [-0.3, -0.25) is 10.1 Å². The Morgan fingerprint density at radius 3 is 2.56 bits per heavy atom. The third-order valence-electron chi connectivity index (χ3n) is 2.36. The zero-order chi connectivity index (χ0) is 11.5. The van der Waals surface area contributed by atoms with Gasteiger partial charge < -0.3 is 4.98 Å². The lowest BCUT2D eigenvalue weighted by atomic mass is 10.2. The van der Waals surface area contributed by atoms with E-state index in [1.54, 1.807) is 18.3 Å². The van der Waals surface area contributed by atoms with E-state index in [-0.39, 0.29) is 5.69 Å². The van der Waals surface area contributed by atoms with Crippen molar-refractivity contribution in [2.45, 2.75) is 13.3 Å². The summed E-state index contributed by atoms with van der Waals surface area (Å²) < 4.78 is 0. The first-order chi connectivity index (χ1) is 7.70. The smallest absolute Gasteiger partial charge is 0.269 e. The summed E-state index contributed by atoms with van der Waals surface area (Å²) in [6.07, 6.45) is 2.66. The van der Waals surface area contributed by atoms with Gasteiger partial charge in [0.05, 0.1) is 4.92 Å². The molecule has 16 heavy (non-hydrogen) atoms. The van der Waals surface area contributed by atoms with Gasteiger partial charge in [0, 0.05) is 29.6 Å².